The van der Waals surface area contributed by atoms with Crippen LogP contribution in [0.25, 0.3) is 0 Å². The molecule has 1 aliphatic carbocycles. The molecule has 1 unspecified atom stereocenters. The fourth-order valence-electron chi connectivity index (χ4n) is 1.51. The number of hydrogen-bond donors (Lipinski definition) is 3. The Morgan fingerprint density at radius 2 is 2.00 bits per heavy atom. The van der Waals surface area contributed by atoms with E-state index in [-0.39, 0.29) is 29.5 Å². The Morgan fingerprint density at radius 1 is 1.44 bits per heavy atom. The third kappa shape index (κ3) is 4.10. The summed E-state index contributed by atoms with van der Waals surface area (Å²) in [5.74, 6) is 0.0150. The van der Waals surface area contributed by atoms with Gasteiger partial charge in [0, 0.05) is 24.1 Å². The van der Waals surface area contributed by atoms with Crippen molar-refractivity contribution in [3.63, 3.8) is 0 Å². The van der Waals surface area contributed by atoms with Crippen LogP contribution in [0.5, 0.6) is 0 Å². The monoisotopic (exact) mass is 228 g/mol. The van der Waals surface area contributed by atoms with Crippen LogP contribution in [-0.4, -0.2) is 35.7 Å². The van der Waals surface area contributed by atoms with E-state index in [9.17, 15) is 4.79 Å². The SMILES string of the molecule is CC(NCC1(CO)CC1)C(=O)NC(C)(C)C. The Balaban J connectivity index is 2.29. The first-order valence-electron chi connectivity index (χ1n) is 5.94. The van der Waals surface area contributed by atoms with Crippen molar-refractivity contribution in [3.8, 4) is 0 Å². The lowest BCUT2D eigenvalue weighted by Gasteiger charge is -2.24. The van der Waals surface area contributed by atoms with Crippen molar-refractivity contribution in [1.29, 1.82) is 0 Å². The summed E-state index contributed by atoms with van der Waals surface area (Å²) < 4.78 is 0. The van der Waals surface area contributed by atoms with Crippen molar-refractivity contribution in [3.05, 3.63) is 0 Å². The lowest BCUT2D eigenvalue weighted by molar-refractivity contribution is -0.124. The number of amides is 1. The second kappa shape index (κ2) is 4.72. The molecule has 1 atom stereocenters. The maximum Gasteiger partial charge on any atom is 0.237 e. The van der Waals surface area contributed by atoms with E-state index in [1.165, 1.54) is 0 Å². The third-order valence-corrected chi connectivity index (χ3v) is 2.97. The molecule has 0 aromatic carbocycles. The fourth-order valence-corrected chi connectivity index (χ4v) is 1.51. The van der Waals surface area contributed by atoms with Gasteiger partial charge in [-0.2, -0.15) is 0 Å². The smallest absolute Gasteiger partial charge is 0.237 e. The summed E-state index contributed by atoms with van der Waals surface area (Å²) in [6.45, 7) is 8.69. The molecule has 0 aromatic heterocycles. The molecular weight excluding hydrogens is 204 g/mol. The Bertz CT molecular complexity index is 254. The van der Waals surface area contributed by atoms with Gasteiger partial charge < -0.3 is 15.7 Å². The predicted octanol–water partition coefficient (Wildman–Crippen LogP) is 0.652. The van der Waals surface area contributed by atoms with Crippen LogP contribution in [0.15, 0.2) is 0 Å². The van der Waals surface area contributed by atoms with Gasteiger partial charge in [0.25, 0.3) is 0 Å². The lowest BCUT2D eigenvalue weighted by Crippen LogP contribution is -2.50. The van der Waals surface area contributed by atoms with E-state index >= 15 is 0 Å². The van der Waals surface area contributed by atoms with E-state index in [2.05, 4.69) is 10.6 Å². The molecule has 3 N–H and O–H groups in total. The van der Waals surface area contributed by atoms with Gasteiger partial charge in [-0.25, -0.2) is 0 Å². The van der Waals surface area contributed by atoms with Crippen molar-refractivity contribution in [1.82, 2.24) is 10.6 Å². The summed E-state index contributed by atoms with van der Waals surface area (Å²) in [6.07, 6.45) is 2.12. The Morgan fingerprint density at radius 3 is 2.38 bits per heavy atom. The first kappa shape index (κ1) is 13.5. The highest BCUT2D eigenvalue weighted by Gasteiger charge is 2.42. The van der Waals surface area contributed by atoms with Gasteiger partial charge in [-0.1, -0.05) is 0 Å². The molecule has 0 bridgehead atoms. The number of nitrogens with one attached hydrogen (secondary N) is 2. The minimum absolute atomic E-state index is 0.0150. The van der Waals surface area contributed by atoms with E-state index in [1.54, 1.807) is 0 Å². The molecule has 4 heteroatoms. The van der Waals surface area contributed by atoms with E-state index in [0.717, 1.165) is 19.4 Å². The molecule has 1 aliphatic rings. The van der Waals surface area contributed by atoms with Gasteiger partial charge in [-0.15, -0.1) is 0 Å². The molecule has 0 aromatic rings. The highest BCUT2D eigenvalue weighted by molar-refractivity contribution is 5.81. The molecule has 0 aliphatic heterocycles. The first-order chi connectivity index (χ1) is 7.28. The molecule has 0 heterocycles. The highest BCUT2D eigenvalue weighted by Crippen LogP contribution is 2.44. The predicted molar refractivity (Wildman–Crippen MR) is 64.1 cm³/mol. The van der Waals surface area contributed by atoms with Crippen LogP contribution in [0.4, 0.5) is 0 Å². The number of carbonyl (C=O) groups excluding carboxylic acids is 1. The third-order valence-electron chi connectivity index (χ3n) is 2.97. The van der Waals surface area contributed by atoms with Gasteiger partial charge in [0.1, 0.15) is 0 Å². The summed E-state index contributed by atoms with van der Waals surface area (Å²) in [4.78, 5) is 11.7. The van der Waals surface area contributed by atoms with E-state index in [0.29, 0.717) is 0 Å². The summed E-state index contributed by atoms with van der Waals surface area (Å²) in [6, 6.07) is -0.205. The van der Waals surface area contributed by atoms with Crippen LogP contribution >= 0.6 is 0 Å². The molecule has 1 saturated carbocycles. The molecule has 1 rings (SSSR count). The number of aliphatic hydroxyl groups excluding tert-OH is 1. The van der Waals surface area contributed by atoms with Gasteiger partial charge >= 0.3 is 0 Å². The molecule has 16 heavy (non-hydrogen) atoms. The maximum absolute atomic E-state index is 11.7. The summed E-state index contributed by atoms with van der Waals surface area (Å²) in [5.41, 5.74) is -0.141. The Kier molecular flexibility index (Phi) is 3.97. The lowest BCUT2D eigenvalue weighted by atomic mass is 10.1. The van der Waals surface area contributed by atoms with E-state index in [4.69, 9.17) is 5.11 Å². The average Bonchev–Trinajstić information content (AvgIpc) is 2.92. The first-order valence-corrected chi connectivity index (χ1v) is 5.94. The molecule has 94 valence electrons. The van der Waals surface area contributed by atoms with Crippen LogP contribution in [0.3, 0.4) is 0 Å². The van der Waals surface area contributed by atoms with E-state index < -0.39 is 0 Å². The molecular formula is C12H24N2O2. The average molecular weight is 228 g/mol. The van der Waals surface area contributed by atoms with Crippen molar-refractivity contribution >= 4 is 5.91 Å². The number of aliphatic hydroxyl groups is 1. The quantitative estimate of drug-likeness (QED) is 0.647. The molecule has 0 saturated heterocycles. The number of carbonyl (C=O) groups is 1. The van der Waals surface area contributed by atoms with Gasteiger partial charge in [0.15, 0.2) is 0 Å². The standard InChI is InChI=1S/C12H24N2O2/c1-9(10(16)14-11(2,3)4)13-7-12(8-15)5-6-12/h9,13,15H,5-8H2,1-4H3,(H,14,16). The van der Waals surface area contributed by atoms with Crippen LogP contribution in [0.2, 0.25) is 0 Å². The normalized spacial score (nSPS) is 20.3. The minimum atomic E-state index is -0.205. The zero-order chi connectivity index (χ0) is 12.4. The molecule has 1 fully saturated rings. The van der Waals surface area contributed by atoms with Crippen LogP contribution in [-0.2, 0) is 4.79 Å². The molecule has 0 spiro atoms. The maximum atomic E-state index is 11.7. The minimum Gasteiger partial charge on any atom is -0.396 e. The van der Waals surface area contributed by atoms with Gasteiger partial charge in [0.05, 0.1) is 6.04 Å². The van der Waals surface area contributed by atoms with Crippen molar-refractivity contribution in [2.24, 2.45) is 5.41 Å². The van der Waals surface area contributed by atoms with Crippen LogP contribution < -0.4 is 10.6 Å². The zero-order valence-electron chi connectivity index (χ0n) is 10.8. The topological polar surface area (TPSA) is 61.4 Å². The van der Waals surface area contributed by atoms with Crippen LogP contribution in [0.1, 0.15) is 40.5 Å². The number of hydrogen-bond acceptors (Lipinski definition) is 3. The molecule has 1 amide bonds. The highest BCUT2D eigenvalue weighted by atomic mass is 16.3. The van der Waals surface area contributed by atoms with Crippen molar-refractivity contribution in [2.45, 2.75) is 52.1 Å². The summed E-state index contributed by atoms with van der Waals surface area (Å²) in [5, 5.41) is 15.3. The van der Waals surface area contributed by atoms with Crippen molar-refractivity contribution in [2.75, 3.05) is 13.2 Å². The fraction of sp³-hybridized carbons (Fsp3) is 0.917. The van der Waals surface area contributed by atoms with Gasteiger partial charge in [-0.3, -0.25) is 4.79 Å². The van der Waals surface area contributed by atoms with Gasteiger partial charge in [0.2, 0.25) is 5.91 Å². The van der Waals surface area contributed by atoms with Crippen LogP contribution in [0, 0.1) is 5.41 Å². The number of rotatable bonds is 5. The Labute approximate surface area is 97.8 Å². The second-order valence-corrected chi connectivity index (χ2v) is 6.00. The van der Waals surface area contributed by atoms with Gasteiger partial charge in [-0.05, 0) is 40.5 Å². The molecule has 0 radical (unpaired) electrons. The molecule has 4 nitrogen and oxygen atoms in total. The summed E-state index contributed by atoms with van der Waals surface area (Å²) in [7, 11) is 0. The summed E-state index contributed by atoms with van der Waals surface area (Å²) >= 11 is 0. The second-order valence-electron chi connectivity index (χ2n) is 6.00. The zero-order valence-corrected chi connectivity index (χ0v) is 10.8. The van der Waals surface area contributed by atoms with E-state index in [1.807, 2.05) is 27.7 Å². The Hall–Kier alpha value is -0.610. The van der Waals surface area contributed by atoms with Crippen molar-refractivity contribution < 1.29 is 9.90 Å². The largest absolute Gasteiger partial charge is 0.396 e.